The summed E-state index contributed by atoms with van der Waals surface area (Å²) in [6.07, 6.45) is 4.51. The Morgan fingerprint density at radius 3 is 2.52 bits per heavy atom. The second-order valence-corrected chi connectivity index (χ2v) is 6.62. The van der Waals surface area contributed by atoms with Gasteiger partial charge in [0.25, 0.3) is 0 Å². The molecule has 0 aromatic heterocycles. The van der Waals surface area contributed by atoms with E-state index in [9.17, 15) is 4.79 Å². The van der Waals surface area contributed by atoms with Gasteiger partial charge in [0.1, 0.15) is 0 Å². The van der Waals surface area contributed by atoms with Crippen molar-refractivity contribution in [1.82, 2.24) is 4.90 Å². The zero-order valence-corrected chi connectivity index (χ0v) is 12.2. The average Bonchev–Trinajstić information content (AvgIpc) is 3.18. The normalized spacial score (nSPS) is 33.4. The maximum Gasteiger partial charge on any atom is 0.222 e. The number of nitrogens with two attached hydrogens (primary N) is 1. The van der Waals surface area contributed by atoms with Gasteiger partial charge in [0.15, 0.2) is 0 Å². The van der Waals surface area contributed by atoms with E-state index in [1.54, 1.807) is 0 Å². The molecule has 0 spiro atoms. The van der Waals surface area contributed by atoms with E-state index < -0.39 is 0 Å². The molecular formula is C17H22N2O2. The minimum Gasteiger partial charge on any atom is -0.399 e. The predicted molar refractivity (Wildman–Crippen MR) is 80.6 cm³/mol. The maximum absolute atomic E-state index is 12.4. The molecule has 3 fully saturated rings. The van der Waals surface area contributed by atoms with Gasteiger partial charge in [-0.25, -0.2) is 0 Å². The van der Waals surface area contributed by atoms with Gasteiger partial charge in [0.2, 0.25) is 5.91 Å². The fraction of sp³-hybridized carbons (Fsp3) is 0.588. The summed E-state index contributed by atoms with van der Waals surface area (Å²) in [6, 6.07) is 7.81. The highest BCUT2D eigenvalue weighted by Crippen LogP contribution is 2.47. The molecule has 2 bridgehead atoms. The Balaban J connectivity index is 1.36. The van der Waals surface area contributed by atoms with Crippen LogP contribution < -0.4 is 5.73 Å². The lowest BCUT2D eigenvalue weighted by Crippen LogP contribution is -2.31. The van der Waals surface area contributed by atoms with E-state index in [-0.39, 0.29) is 5.91 Å². The number of benzene rings is 1. The fourth-order valence-electron chi connectivity index (χ4n) is 4.33. The van der Waals surface area contributed by atoms with Crippen LogP contribution in [0.25, 0.3) is 0 Å². The summed E-state index contributed by atoms with van der Waals surface area (Å²) in [5, 5.41) is 0. The summed E-state index contributed by atoms with van der Waals surface area (Å²) < 4.78 is 5.96. The Bertz CT molecular complexity index is 541. The molecule has 1 amide bonds. The zero-order chi connectivity index (χ0) is 14.4. The van der Waals surface area contributed by atoms with Gasteiger partial charge in [-0.1, -0.05) is 18.2 Å². The molecular weight excluding hydrogens is 264 g/mol. The first kappa shape index (κ1) is 13.1. The third-order valence-electron chi connectivity index (χ3n) is 5.47. The minimum atomic E-state index is 0.270. The number of nitrogen functional groups attached to an aromatic ring is 1. The summed E-state index contributed by atoms with van der Waals surface area (Å²) >= 11 is 0. The number of para-hydroxylation sites is 1. The number of likely N-dealkylation sites (tertiary alicyclic amines) is 1. The van der Waals surface area contributed by atoms with Crippen LogP contribution in [0.1, 0.15) is 24.8 Å². The lowest BCUT2D eigenvalue weighted by Gasteiger charge is -2.19. The molecule has 4 rings (SSSR count). The van der Waals surface area contributed by atoms with Crippen LogP contribution in [0.15, 0.2) is 24.3 Å². The Hall–Kier alpha value is -1.55. The molecule has 0 radical (unpaired) electrons. The first-order valence-corrected chi connectivity index (χ1v) is 7.99. The zero-order valence-electron chi connectivity index (χ0n) is 12.2. The van der Waals surface area contributed by atoms with Gasteiger partial charge in [0, 0.05) is 37.0 Å². The minimum absolute atomic E-state index is 0.270. The predicted octanol–water partition coefficient (Wildman–Crippen LogP) is 1.84. The van der Waals surface area contributed by atoms with E-state index in [0.717, 1.165) is 30.8 Å². The quantitative estimate of drug-likeness (QED) is 0.863. The molecule has 0 saturated carbocycles. The first-order valence-electron chi connectivity index (χ1n) is 7.99. The van der Waals surface area contributed by atoms with Gasteiger partial charge in [-0.2, -0.15) is 0 Å². The number of nitrogens with zero attached hydrogens (tertiary/aromatic N) is 1. The van der Waals surface area contributed by atoms with E-state index in [2.05, 4.69) is 4.90 Å². The van der Waals surface area contributed by atoms with Crippen LogP contribution in [0.5, 0.6) is 0 Å². The highest BCUT2D eigenvalue weighted by molar-refractivity contribution is 5.77. The van der Waals surface area contributed by atoms with E-state index >= 15 is 0 Å². The Kier molecular flexibility index (Phi) is 3.14. The number of anilines is 1. The van der Waals surface area contributed by atoms with Crippen molar-refractivity contribution >= 4 is 11.6 Å². The SMILES string of the molecule is Nc1ccccc1CCC(=O)N1CC2C3CCC(O3)C2C1. The molecule has 112 valence electrons. The summed E-state index contributed by atoms with van der Waals surface area (Å²) in [5.41, 5.74) is 7.80. The number of rotatable bonds is 3. The number of ether oxygens (including phenoxy) is 1. The number of hydrogen-bond acceptors (Lipinski definition) is 3. The number of carbonyl (C=O) groups is 1. The van der Waals surface area contributed by atoms with Crippen LogP contribution >= 0.6 is 0 Å². The Morgan fingerprint density at radius 1 is 1.19 bits per heavy atom. The van der Waals surface area contributed by atoms with Crippen LogP contribution in [0.2, 0.25) is 0 Å². The second-order valence-electron chi connectivity index (χ2n) is 6.62. The van der Waals surface area contributed by atoms with Crippen LogP contribution in [0, 0.1) is 11.8 Å². The summed E-state index contributed by atoms with van der Waals surface area (Å²) in [4.78, 5) is 14.5. The smallest absolute Gasteiger partial charge is 0.222 e. The van der Waals surface area contributed by atoms with E-state index in [1.807, 2.05) is 24.3 Å². The van der Waals surface area contributed by atoms with Gasteiger partial charge in [0.05, 0.1) is 12.2 Å². The molecule has 3 saturated heterocycles. The molecule has 1 aromatic rings. The van der Waals surface area contributed by atoms with Gasteiger partial charge >= 0.3 is 0 Å². The summed E-state index contributed by atoms with van der Waals surface area (Å²) in [7, 11) is 0. The van der Waals surface area contributed by atoms with Crippen molar-refractivity contribution in [3.05, 3.63) is 29.8 Å². The molecule has 4 unspecified atom stereocenters. The number of amides is 1. The van der Waals surface area contributed by atoms with Crippen molar-refractivity contribution in [2.45, 2.75) is 37.9 Å². The molecule has 4 atom stereocenters. The Labute approximate surface area is 125 Å². The number of hydrogen-bond donors (Lipinski definition) is 1. The third-order valence-corrected chi connectivity index (χ3v) is 5.47. The monoisotopic (exact) mass is 286 g/mol. The van der Waals surface area contributed by atoms with Gasteiger partial charge in [-0.15, -0.1) is 0 Å². The van der Waals surface area contributed by atoms with Crippen molar-refractivity contribution < 1.29 is 9.53 Å². The van der Waals surface area contributed by atoms with E-state index in [4.69, 9.17) is 10.5 Å². The molecule has 4 nitrogen and oxygen atoms in total. The molecule has 3 aliphatic rings. The van der Waals surface area contributed by atoms with Crippen molar-refractivity contribution in [1.29, 1.82) is 0 Å². The van der Waals surface area contributed by atoms with Gasteiger partial charge < -0.3 is 15.4 Å². The molecule has 4 heteroatoms. The maximum atomic E-state index is 12.4. The molecule has 2 N–H and O–H groups in total. The topological polar surface area (TPSA) is 55.6 Å². The molecule has 1 aromatic carbocycles. The first-order chi connectivity index (χ1) is 10.2. The lowest BCUT2D eigenvalue weighted by atomic mass is 9.82. The third kappa shape index (κ3) is 2.22. The van der Waals surface area contributed by atoms with E-state index in [0.29, 0.717) is 30.5 Å². The van der Waals surface area contributed by atoms with Crippen LogP contribution in [0.4, 0.5) is 5.69 Å². The average molecular weight is 286 g/mol. The highest BCUT2D eigenvalue weighted by Gasteiger charge is 2.53. The fourth-order valence-corrected chi connectivity index (χ4v) is 4.33. The van der Waals surface area contributed by atoms with E-state index in [1.165, 1.54) is 12.8 Å². The summed E-state index contributed by atoms with van der Waals surface area (Å²) in [6.45, 7) is 1.80. The van der Waals surface area contributed by atoms with Crippen LogP contribution in [-0.4, -0.2) is 36.1 Å². The van der Waals surface area contributed by atoms with Crippen molar-refractivity contribution in [2.75, 3.05) is 18.8 Å². The highest BCUT2D eigenvalue weighted by atomic mass is 16.5. The number of aryl methyl sites for hydroxylation is 1. The Morgan fingerprint density at radius 2 is 1.86 bits per heavy atom. The number of carbonyl (C=O) groups excluding carboxylic acids is 1. The van der Waals surface area contributed by atoms with Crippen molar-refractivity contribution in [3.8, 4) is 0 Å². The van der Waals surface area contributed by atoms with Crippen LogP contribution in [0.3, 0.4) is 0 Å². The standard InChI is InChI=1S/C17H22N2O2/c18-14-4-2-1-3-11(14)5-8-17(20)19-9-12-13(10-19)16-7-6-15(12)21-16/h1-4,12-13,15-16H,5-10,18H2. The lowest BCUT2D eigenvalue weighted by molar-refractivity contribution is -0.130. The van der Waals surface area contributed by atoms with Gasteiger partial charge in [-0.05, 0) is 30.9 Å². The second kappa shape index (κ2) is 5.02. The summed E-state index contributed by atoms with van der Waals surface area (Å²) in [5.74, 6) is 1.45. The largest absolute Gasteiger partial charge is 0.399 e. The molecule has 3 heterocycles. The van der Waals surface area contributed by atoms with Gasteiger partial charge in [-0.3, -0.25) is 4.79 Å². The molecule has 0 aliphatic carbocycles. The van der Waals surface area contributed by atoms with Crippen molar-refractivity contribution in [3.63, 3.8) is 0 Å². The van der Waals surface area contributed by atoms with Crippen molar-refractivity contribution in [2.24, 2.45) is 11.8 Å². The van der Waals surface area contributed by atoms with Crippen LogP contribution in [-0.2, 0) is 16.0 Å². The molecule has 21 heavy (non-hydrogen) atoms. The number of fused-ring (bicyclic) bond motifs is 5. The molecule has 3 aliphatic heterocycles.